The second-order valence-corrected chi connectivity index (χ2v) is 4.35. The van der Waals surface area contributed by atoms with Crippen molar-refractivity contribution in [1.82, 2.24) is 4.57 Å². The third-order valence-electron chi connectivity index (χ3n) is 2.02. The van der Waals surface area contributed by atoms with Crippen LogP contribution in [-0.4, -0.2) is 20.7 Å². The average molecular weight is 291 g/mol. The van der Waals surface area contributed by atoms with E-state index in [0.717, 1.165) is 0 Å². The van der Waals surface area contributed by atoms with Gasteiger partial charge < -0.3 is 9.67 Å². The quantitative estimate of drug-likeness (QED) is 0.669. The van der Waals surface area contributed by atoms with Crippen molar-refractivity contribution in [2.24, 2.45) is 0 Å². The number of aromatic nitrogens is 1. The summed E-state index contributed by atoms with van der Waals surface area (Å²) in [6.45, 7) is 1.84. The second-order valence-electron chi connectivity index (χ2n) is 3.44. The molecule has 0 saturated carbocycles. The van der Waals surface area contributed by atoms with Gasteiger partial charge in [-0.25, -0.2) is 0 Å². The molecule has 0 spiro atoms. The van der Waals surface area contributed by atoms with E-state index in [1.807, 2.05) is 0 Å². The Hall–Kier alpha value is -1.21. The van der Waals surface area contributed by atoms with Crippen LogP contribution in [-0.2, 0) is 6.54 Å². The van der Waals surface area contributed by atoms with Crippen molar-refractivity contribution in [2.45, 2.75) is 26.0 Å². The highest BCUT2D eigenvalue weighted by Gasteiger charge is 2.15. The summed E-state index contributed by atoms with van der Waals surface area (Å²) in [5.41, 5.74) is -1.13. The van der Waals surface area contributed by atoms with Gasteiger partial charge in [-0.15, -0.1) is 0 Å². The minimum Gasteiger partial charge on any atom is -0.393 e. The van der Waals surface area contributed by atoms with Crippen molar-refractivity contribution < 1.29 is 10.0 Å². The van der Waals surface area contributed by atoms with Crippen LogP contribution in [0.4, 0.5) is 5.69 Å². The maximum absolute atomic E-state index is 11.6. The molecule has 1 unspecified atom stereocenters. The first-order valence-corrected chi connectivity index (χ1v) is 5.43. The largest absolute Gasteiger partial charge is 0.393 e. The number of aryl methyl sites for hydroxylation is 1. The number of aliphatic hydroxyl groups excluding tert-OH is 1. The molecule has 1 N–H and O–H groups in total. The second kappa shape index (κ2) is 5.22. The summed E-state index contributed by atoms with van der Waals surface area (Å²) in [5, 5.41) is 19.7. The van der Waals surface area contributed by atoms with E-state index in [1.54, 1.807) is 6.92 Å². The minimum absolute atomic E-state index is 0.247. The lowest BCUT2D eigenvalue weighted by Gasteiger charge is -2.07. The van der Waals surface area contributed by atoms with Crippen LogP contribution in [0.2, 0.25) is 0 Å². The zero-order chi connectivity index (χ0) is 12.3. The van der Waals surface area contributed by atoms with Crippen molar-refractivity contribution in [3.05, 3.63) is 37.2 Å². The Morgan fingerprint density at radius 2 is 2.31 bits per heavy atom. The van der Waals surface area contributed by atoms with E-state index < -0.39 is 22.3 Å². The van der Waals surface area contributed by atoms with Crippen LogP contribution in [0.3, 0.4) is 0 Å². The molecule has 1 heterocycles. The molecule has 0 radical (unpaired) electrons. The van der Waals surface area contributed by atoms with Crippen LogP contribution >= 0.6 is 15.9 Å². The number of hydrogen-bond acceptors (Lipinski definition) is 4. The van der Waals surface area contributed by atoms with E-state index >= 15 is 0 Å². The zero-order valence-corrected chi connectivity index (χ0v) is 10.2. The van der Waals surface area contributed by atoms with Crippen LogP contribution in [0, 0.1) is 10.1 Å². The molecule has 0 aliphatic carbocycles. The monoisotopic (exact) mass is 290 g/mol. The third-order valence-corrected chi connectivity index (χ3v) is 2.45. The van der Waals surface area contributed by atoms with Gasteiger partial charge in [0.15, 0.2) is 0 Å². The van der Waals surface area contributed by atoms with Gasteiger partial charge in [-0.3, -0.25) is 14.9 Å². The predicted molar refractivity (Wildman–Crippen MR) is 61.4 cm³/mol. The molecule has 0 aliphatic rings. The van der Waals surface area contributed by atoms with Gasteiger partial charge in [0.25, 0.3) is 0 Å². The Balaban J connectivity index is 3.10. The van der Waals surface area contributed by atoms with Gasteiger partial charge in [-0.2, -0.15) is 0 Å². The first kappa shape index (κ1) is 12.9. The van der Waals surface area contributed by atoms with Crippen molar-refractivity contribution in [2.75, 3.05) is 0 Å². The topological polar surface area (TPSA) is 85.4 Å². The van der Waals surface area contributed by atoms with Crippen molar-refractivity contribution in [1.29, 1.82) is 0 Å². The van der Waals surface area contributed by atoms with Crippen LogP contribution < -0.4 is 5.56 Å². The van der Waals surface area contributed by atoms with Crippen molar-refractivity contribution in [3.8, 4) is 0 Å². The summed E-state index contributed by atoms with van der Waals surface area (Å²) < 4.78 is 1.68. The number of nitro groups is 1. The Labute approximate surface area is 99.8 Å². The predicted octanol–water partition coefficient (Wildman–Crippen LogP) is 1.29. The summed E-state index contributed by atoms with van der Waals surface area (Å²) in [7, 11) is 0. The Morgan fingerprint density at radius 1 is 1.69 bits per heavy atom. The van der Waals surface area contributed by atoms with Gasteiger partial charge in [-0.1, -0.05) is 0 Å². The fraction of sp³-hybridized carbons (Fsp3) is 0.444. The van der Waals surface area contributed by atoms with Crippen LogP contribution in [0.1, 0.15) is 13.3 Å². The number of halogens is 1. The van der Waals surface area contributed by atoms with Gasteiger partial charge >= 0.3 is 11.2 Å². The number of rotatable bonds is 4. The molecule has 0 amide bonds. The molecule has 0 bridgehead atoms. The number of hydrogen-bond donors (Lipinski definition) is 1. The molecule has 7 heteroatoms. The molecular formula is C9H11BrN2O4. The molecule has 16 heavy (non-hydrogen) atoms. The molecule has 1 aromatic rings. The molecule has 0 fully saturated rings. The highest BCUT2D eigenvalue weighted by Crippen LogP contribution is 2.14. The summed E-state index contributed by atoms with van der Waals surface area (Å²) in [4.78, 5) is 21.5. The van der Waals surface area contributed by atoms with Crippen LogP contribution in [0.5, 0.6) is 0 Å². The molecule has 1 aromatic heterocycles. The Morgan fingerprint density at radius 3 is 2.81 bits per heavy atom. The van der Waals surface area contributed by atoms with Gasteiger partial charge in [0.2, 0.25) is 0 Å². The Kier molecular flexibility index (Phi) is 4.19. The smallest absolute Gasteiger partial charge is 0.335 e. The maximum atomic E-state index is 11.6. The van der Waals surface area contributed by atoms with Crippen LogP contribution in [0.15, 0.2) is 21.5 Å². The van der Waals surface area contributed by atoms with E-state index in [0.29, 0.717) is 10.9 Å². The SMILES string of the molecule is CC(O)CCn1cc(Br)cc([N+](=O)[O-])c1=O. The molecule has 0 aliphatic heterocycles. The molecule has 1 rings (SSSR count). The normalized spacial score (nSPS) is 12.4. The molecule has 0 saturated heterocycles. The van der Waals surface area contributed by atoms with Gasteiger partial charge in [0, 0.05) is 23.3 Å². The number of pyridine rings is 1. The molecule has 6 nitrogen and oxygen atoms in total. The van der Waals surface area contributed by atoms with E-state index in [1.165, 1.54) is 16.8 Å². The minimum atomic E-state index is -0.716. The van der Waals surface area contributed by atoms with E-state index in [2.05, 4.69) is 15.9 Å². The van der Waals surface area contributed by atoms with Gasteiger partial charge in [-0.05, 0) is 29.3 Å². The molecule has 1 atom stereocenters. The van der Waals surface area contributed by atoms with Gasteiger partial charge in [0.05, 0.1) is 11.0 Å². The fourth-order valence-electron chi connectivity index (χ4n) is 1.21. The third kappa shape index (κ3) is 3.14. The molecule has 0 aromatic carbocycles. The lowest BCUT2D eigenvalue weighted by Crippen LogP contribution is -2.23. The zero-order valence-electron chi connectivity index (χ0n) is 8.59. The van der Waals surface area contributed by atoms with Crippen LogP contribution in [0.25, 0.3) is 0 Å². The average Bonchev–Trinajstić information content (AvgIpc) is 2.18. The lowest BCUT2D eigenvalue weighted by molar-refractivity contribution is -0.386. The maximum Gasteiger partial charge on any atom is 0.335 e. The fourth-order valence-corrected chi connectivity index (χ4v) is 1.67. The lowest BCUT2D eigenvalue weighted by atomic mass is 10.3. The summed E-state index contributed by atoms with van der Waals surface area (Å²) >= 11 is 3.10. The summed E-state index contributed by atoms with van der Waals surface area (Å²) in [6.07, 6.45) is 1.29. The van der Waals surface area contributed by atoms with E-state index in [4.69, 9.17) is 5.11 Å². The highest BCUT2D eigenvalue weighted by molar-refractivity contribution is 9.10. The molecular weight excluding hydrogens is 280 g/mol. The van der Waals surface area contributed by atoms with E-state index in [-0.39, 0.29) is 6.54 Å². The van der Waals surface area contributed by atoms with Gasteiger partial charge in [0.1, 0.15) is 0 Å². The summed E-state index contributed by atoms with van der Waals surface area (Å²) in [6, 6.07) is 1.17. The standard InChI is InChI=1S/C9H11BrN2O4/c1-6(13)2-3-11-5-7(10)4-8(9(11)14)12(15)16/h4-6,13H,2-3H2,1H3. The number of aliphatic hydroxyl groups is 1. The highest BCUT2D eigenvalue weighted by atomic mass is 79.9. The summed E-state index contributed by atoms with van der Waals surface area (Å²) in [5.74, 6) is 0. The molecule has 88 valence electrons. The van der Waals surface area contributed by atoms with E-state index in [9.17, 15) is 14.9 Å². The van der Waals surface area contributed by atoms with Crippen molar-refractivity contribution in [3.63, 3.8) is 0 Å². The first-order chi connectivity index (χ1) is 7.41. The van der Waals surface area contributed by atoms with Crippen molar-refractivity contribution >= 4 is 21.6 Å². The number of nitrogens with zero attached hydrogens (tertiary/aromatic N) is 2. The first-order valence-electron chi connectivity index (χ1n) is 4.64. The Bertz CT molecular complexity index is 455.